The third-order valence-corrected chi connectivity index (χ3v) is 6.93. The Morgan fingerprint density at radius 3 is 2.33 bits per heavy atom. The number of piperidine rings is 1. The van der Waals surface area contributed by atoms with Crippen molar-refractivity contribution in [1.29, 1.82) is 0 Å². The minimum atomic E-state index is -3.90. The van der Waals surface area contributed by atoms with Crippen molar-refractivity contribution in [3.05, 3.63) is 54.6 Å². The van der Waals surface area contributed by atoms with Crippen LogP contribution in [0.3, 0.4) is 0 Å². The maximum Gasteiger partial charge on any atom is 0.264 e. The lowest BCUT2D eigenvalue weighted by atomic mass is 10.1. The Hall–Kier alpha value is -2.58. The maximum atomic E-state index is 13.3. The first-order valence-electron chi connectivity index (χ1n) is 10.2. The Balaban J connectivity index is 1.83. The molecule has 0 radical (unpaired) electrons. The molecule has 1 amide bonds. The molecule has 1 aliphatic rings. The SMILES string of the molecule is CCOc1ccc(N(CC(=O)NC2CCN(C)CC2)S(=O)(=O)c2ccccc2)cc1. The van der Waals surface area contributed by atoms with E-state index >= 15 is 0 Å². The van der Waals surface area contributed by atoms with Crippen LogP contribution in [0, 0.1) is 0 Å². The Kier molecular flexibility index (Phi) is 7.33. The van der Waals surface area contributed by atoms with E-state index in [9.17, 15) is 13.2 Å². The smallest absolute Gasteiger partial charge is 0.264 e. The molecule has 0 aromatic heterocycles. The lowest BCUT2D eigenvalue weighted by Gasteiger charge is -2.30. The van der Waals surface area contributed by atoms with Crippen LogP contribution in [0.1, 0.15) is 19.8 Å². The van der Waals surface area contributed by atoms with Crippen molar-refractivity contribution < 1.29 is 17.9 Å². The monoisotopic (exact) mass is 431 g/mol. The summed E-state index contributed by atoms with van der Waals surface area (Å²) >= 11 is 0. The van der Waals surface area contributed by atoms with Crippen LogP contribution >= 0.6 is 0 Å². The summed E-state index contributed by atoms with van der Waals surface area (Å²) in [5.41, 5.74) is 0.417. The molecule has 0 atom stereocenters. The molecule has 3 rings (SSSR count). The van der Waals surface area contributed by atoms with Crippen LogP contribution in [0.25, 0.3) is 0 Å². The summed E-state index contributed by atoms with van der Waals surface area (Å²) in [6, 6.07) is 15.0. The van der Waals surface area contributed by atoms with Gasteiger partial charge in [-0.05, 0) is 76.3 Å². The number of hydrogen-bond donors (Lipinski definition) is 1. The molecule has 0 spiro atoms. The number of rotatable bonds is 8. The molecule has 1 saturated heterocycles. The number of benzene rings is 2. The predicted molar refractivity (Wildman–Crippen MR) is 117 cm³/mol. The van der Waals surface area contributed by atoms with Crippen molar-refractivity contribution in [2.45, 2.75) is 30.7 Å². The van der Waals surface area contributed by atoms with Gasteiger partial charge in [-0.3, -0.25) is 9.10 Å². The lowest BCUT2D eigenvalue weighted by Crippen LogP contribution is -2.47. The second kappa shape index (κ2) is 9.95. The third kappa shape index (κ3) is 5.52. The van der Waals surface area contributed by atoms with Crippen LogP contribution in [0.5, 0.6) is 5.75 Å². The van der Waals surface area contributed by atoms with Gasteiger partial charge >= 0.3 is 0 Å². The fourth-order valence-corrected chi connectivity index (χ4v) is 4.91. The first-order chi connectivity index (χ1) is 14.4. The Labute approximate surface area is 178 Å². The highest BCUT2D eigenvalue weighted by Gasteiger charge is 2.28. The molecule has 7 nitrogen and oxygen atoms in total. The van der Waals surface area contributed by atoms with E-state index in [1.54, 1.807) is 42.5 Å². The molecule has 30 heavy (non-hydrogen) atoms. The van der Waals surface area contributed by atoms with E-state index in [1.807, 2.05) is 6.92 Å². The van der Waals surface area contributed by atoms with Crippen LogP contribution < -0.4 is 14.4 Å². The second-order valence-corrected chi connectivity index (χ2v) is 9.26. The summed E-state index contributed by atoms with van der Waals surface area (Å²) in [6.07, 6.45) is 1.72. The van der Waals surface area contributed by atoms with Crippen molar-refractivity contribution in [1.82, 2.24) is 10.2 Å². The van der Waals surface area contributed by atoms with Crippen molar-refractivity contribution in [2.75, 3.05) is 37.6 Å². The standard InChI is InChI=1S/C22H29N3O4S/c1-3-29-20-11-9-19(10-12-20)25(30(27,28)21-7-5-4-6-8-21)17-22(26)23-18-13-15-24(2)16-14-18/h4-12,18H,3,13-17H2,1-2H3,(H,23,26). The van der Waals surface area contributed by atoms with Crippen LogP contribution in [-0.2, 0) is 14.8 Å². The Morgan fingerprint density at radius 2 is 1.73 bits per heavy atom. The quantitative estimate of drug-likeness (QED) is 0.695. The molecule has 0 bridgehead atoms. The minimum Gasteiger partial charge on any atom is -0.494 e. The molecule has 1 heterocycles. The third-order valence-electron chi connectivity index (χ3n) is 5.14. The first-order valence-corrected chi connectivity index (χ1v) is 11.6. The van der Waals surface area contributed by atoms with Gasteiger partial charge in [-0.1, -0.05) is 18.2 Å². The number of hydrogen-bond acceptors (Lipinski definition) is 5. The van der Waals surface area contributed by atoms with Gasteiger partial charge in [0.15, 0.2) is 0 Å². The summed E-state index contributed by atoms with van der Waals surface area (Å²) < 4.78 is 33.2. The molecule has 0 aliphatic carbocycles. The molecule has 2 aromatic rings. The Morgan fingerprint density at radius 1 is 1.10 bits per heavy atom. The van der Waals surface area contributed by atoms with Gasteiger partial charge in [-0.25, -0.2) is 8.42 Å². The Bertz CT molecular complexity index is 925. The fourth-order valence-electron chi connectivity index (χ4n) is 3.47. The number of amides is 1. The normalized spacial score (nSPS) is 15.5. The molecule has 1 aliphatic heterocycles. The summed E-state index contributed by atoms with van der Waals surface area (Å²) in [7, 11) is -1.85. The van der Waals surface area contributed by atoms with Gasteiger partial charge < -0.3 is 15.0 Å². The maximum absolute atomic E-state index is 13.3. The van der Waals surface area contributed by atoms with Crippen molar-refractivity contribution in [2.24, 2.45) is 0 Å². The largest absolute Gasteiger partial charge is 0.494 e. The average molecular weight is 432 g/mol. The van der Waals surface area contributed by atoms with Crippen molar-refractivity contribution in [3.63, 3.8) is 0 Å². The number of carbonyl (C=O) groups excluding carboxylic acids is 1. The van der Waals surface area contributed by atoms with Crippen molar-refractivity contribution in [3.8, 4) is 5.75 Å². The highest BCUT2D eigenvalue weighted by Crippen LogP contribution is 2.26. The molecule has 1 fully saturated rings. The highest BCUT2D eigenvalue weighted by molar-refractivity contribution is 7.92. The number of ether oxygens (including phenoxy) is 1. The topological polar surface area (TPSA) is 79.0 Å². The van der Waals surface area contributed by atoms with E-state index in [-0.39, 0.29) is 23.4 Å². The van der Waals surface area contributed by atoms with Gasteiger partial charge in [0.05, 0.1) is 17.2 Å². The number of anilines is 1. The zero-order valence-corrected chi connectivity index (χ0v) is 18.3. The van der Waals surface area contributed by atoms with E-state index in [0.717, 1.165) is 30.2 Å². The van der Waals surface area contributed by atoms with Crippen LogP contribution in [0.2, 0.25) is 0 Å². The summed E-state index contributed by atoms with van der Waals surface area (Å²) in [6.45, 7) is 3.95. The fraction of sp³-hybridized carbons (Fsp3) is 0.409. The molecule has 8 heteroatoms. The molecular formula is C22H29N3O4S. The van der Waals surface area contributed by atoms with Gasteiger partial charge in [0.2, 0.25) is 5.91 Å². The average Bonchev–Trinajstić information content (AvgIpc) is 2.75. The number of nitrogens with zero attached hydrogens (tertiary/aromatic N) is 2. The molecule has 2 aromatic carbocycles. The summed E-state index contributed by atoms with van der Waals surface area (Å²) in [4.78, 5) is 15.1. The van der Waals surface area contributed by atoms with Gasteiger partial charge in [-0.2, -0.15) is 0 Å². The molecule has 0 saturated carbocycles. The van der Waals surface area contributed by atoms with Crippen LogP contribution in [0.15, 0.2) is 59.5 Å². The van der Waals surface area contributed by atoms with Crippen LogP contribution in [0.4, 0.5) is 5.69 Å². The molecule has 162 valence electrons. The van der Waals surface area contributed by atoms with E-state index in [2.05, 4.69) is 17.3 Å². The zero-order valence-electron chi connectivity index (χ0n) is 17.5. The van der Waals surface area contributed by atoms with Gasteiger partial charge in [-0.15, -0.1) is 0 Å². The summed E-state index contributed by atoms with van der Waals surface area (Å²) in [5.74, 6) is 0.340. The molecule has 0 unspecified atom stereocenters. The number of carbonyl (C=O) groups is 1. The second-order valence-electron chi connectivity index (χ2n) is 7.40. The molecular weight excluding hydrogens is 402 g/mol. The number of likely N-dealkylation sites (tertiary alicyclic amines) is 1. The first kappa shape index (κ1) is 22.1. The van der Waals surface area contributed by atoms with Gasteiger partial charge in [0.1, 0.15) is 12.3 Å². The highest BCUT2D eigenvalue weighted by atomic mass is 32.2. The number of nitrogens with one attached hydrogen (secondary N) is 1. The molecule has 1 N–H and O–H groups in total. The van der Waals surface area contributed by atoms with Gasteiger partial charge in [0.25, 0.3) is 10.0 Å². The minimum absolute atomic E-state index is 0.0651. The van der Waals surface area contributed by atoms with E-state index < -0.39 is 10.0 Å². The zero-order chi connectivity index (χ0) is 21.6. The van der Waals surface area contributed by atoms with Crippen LogP contribution in [-0.4, -0.2) is 58.6 Å². The van der Waals surface area contributed by atoms with E-state index in [1.165, 1.54) is 12.1 Å². The number of sulfonamides is 1. The summed E-state index contributed by atoms with van der Waals surface area (Å²) in [5, 5.41) is 3.00. The lowest BCUT2D eigenvalue weighted by molar-refractivity contribution is -0.120. The van der Waals surface area contributed by atoms with E-state index in [0.29, 0.717) is 18.0 Å². The van der Waals surface area contributed by atoms with E-state index in [4.69, 9.17) is 4.74 Å². The van der Waals surface area contributed by atoms with Gasteiger partial charge in [0, 0.05) is 6.04 Å². The van der Waals surface area contributed by atoms with Crippen molar-refractivity contribution >= 4 is 21.6 Å². The predicted octanol–water partition coefficient (Wildman–Crippen LogP) is 2.49.